The van der Waals surface area contributed by atoms with Crippen LogP contribution in [0.3, 0.4) is 0 Å². The van der Waals surface area contributed by atoms with E-state index in [0.29, 0.717) is 0 Å². The summed E-state index contributed by atoms with van der Waals surface area (Å²) in [6.45, 7) is 0. The molecular weight excluding hydrogens is 655 g/mol. The second-order valence-electron chi connectivity index (χ2n) is 13.6. The third-order valence-corrected chi connectivity index (χ3v) is 11.8. The molecule has 242 valence electrons. The first-order chi connectivity index (χ1) is 25.8. The average molecular weight is 682 g/mol. The third kappa shape index (κ3) is 3.83. The predicted octanol–water partition coefficient (Wildman–Crippen LogP) is 13.2. The van der Waals surface area contributed by atoms with Gasteiger partial charge in [-0.2, -0.15) is 0 Å². The van der Waals surface area contributed by atoms with E-state index in [1.807, 2.05) is 12.1 Å². The highest BCUT2D eigenvalue weighted by atomic mass is 32.1. The zero-order valence-electron chi connectivity index (χ0n) is 27.7. The van der Waals surface area contributed by atoms with Gasteiger partial charge >= 0.3 is 0 Å². The van der Waals surface area contributed by atoms with Crippen molar-refractivity contribution < 1.29 is 4.42 Å². The highest BCUT2D eigenvalue weighted by molar-refractivity contribution is 7.21. The van der Waals surface area contributed by atoms with E-state index < -0.39 is 0 Å². The monoisotopic (exact) mass is 681 g/mol. The summed E-state index contributed by atoms with van der Waals surface area (Å²) >= 11 is 1.75. The predicted molar refractivity (Wildman–Crippen MR) is 219 cm³/mol. The molecule has 12 rings (SSSR count). The largest absolute Gasteiger partial charge is 0.456 e. The number of para-hydroxylation sites is 4. The summed E-state index contributed by atoms with van der Waals surface area (Å²) in [5.41, 5.74) is 10.8. The lowest BCUT2D eigenvalue weighted by atomic mass is 9.99. The van der Waals surface area contributed by atoms with Crippen LogP contribution in [0.15, 0.2) is 168 Å². The summed E-state index contributed by atoms with van der Waals surface area (Å²) in [6.07, 6.45) is 0. The SMILES string of the molecule is c1ccc2cc(-c3cc4oc5ccccc5c4c4nc(-n5c6ccccc6c6cc(-n7c8ccccc8c8ccccc87)ccc65)sc34)ccc2c1. The molecule has 0 bridgehead atoms. The molecule has 8 aromatic carbocycles. The van der Waals surface area contributed by atoms with Crippen molar-refractivity contribution in [3.63, 3.8) is 0 Å². The molecule has 4 aromatic heterocycles. The van der Waals surface area contributed by atoms with E-state index >= 15 is 0 Å². The van der Waals surface area contributed by atoms with Gasteiger partial charge in [-0.15, -0.1) is 0 Å². The number of hydrogen-bond acceptors (Lipinski definition) is 3. The normalized spacial score (nSPS) is 12.2. The number of benzene rings is 8. The summed E-state index contributed by atoms with van der Waals surface area (Å²) in [4.78, 5) is 5.52. The first-order valence-electron chi connectivity index (χ1n) is 17.5. The van der Waals surface area contributed by atoms with Gasteiger partial charge in [0.1, 0.15) is 11.2 Å². The lowest BCUT2D eigenvalue weighted by molar-refractivity contribution is 0.669. The van der Waals surface area contributed by atoms with E-state index in [1.54, 1.807) is 11.3 Å². The Morgan fingerprint density at radius 1 is 0.462 bits per heavy atom. The van der Waals surface area contributed by atoms with Crippen LogP contribution in [-0.2, 0) is 0 Å². The number of hydrogen-bond donors (Lipinski definition) is 0. The molecule has 0 spiro atoms. The summed E-state index contributed by atoms with van der Waals surface area (Å²) in [5.74, 6) is 0. The molecule has 0 radical (unpaired) electrons. The van der Waals surface area contributed by atoms with Gasteiger partial charge in [0.15, 0.2) is 5.13 Å². The van der Waals surface area contributed by atoms with E-state index in [9.17, 15) is 0 Å². The lowest BCUT2D eigenvalue weighted by Crippen LogP contribution is -1.95. The average Bonchev–Trinajstić information content (AvgIpc) is 3.96. The van der Waals surface area contributed by atoms with Crippen LogP contribution in [0.4, 0.5) is 0 Å². The Morgan fingerprint density at radius 3 is 1.85 bits per heavy atom. The molecule has 0 saturated heterocycles. The van der Waals surface area contributed by atoms with Crippen LogP contribution in [0.5, 0.6) is 0 Å². The fourth-order valence-corrected chi connectivity index (χ4v) is 9.58. The van der Waals surface area contributed by atoms with Gasteiger partial charge in [-0.3, -0.25) is 4.57 Å². The van der Waals surface area contributed by atoms with Crippen LogP contribution in [0, 0.1) is 0 Å². The molecule has 0 aliphatic rings. The van der Waals surface area contributed by atoms with E-state index in [-0.39, 0.29) is 0 Å². The second-order valence-corrected chi connectivity index (χ2v) is 14.5. The highest BCUT2D eigenvalue weighted by Crippen LogP contribution is 2.45. The lowest BCUT2D eigenvalue weighted by Gasteiger charge is -2.09. The molecule has 4 nitrogen and oxygen atoms in total. The standard InChI is InChI=1S/C47H27N3OS/c1-2-12-29-25-30(22-21-28(29)11-1)36-27-43-44(35-16-6-10-20-42(35)51-43)45-46(36)52-47(48-45)50-40-19-9-5-15-34(40)37-26-31(23-24-41(37)50)49-38-17-7-3-13-32(38)33-14-4-8-18-39(33)49/h1-27H. The highest BCUT2D eigenvalue weighted by Gasteiger charge is 2.22. The van der Waals surface area contributed by atoms with Gasteiger partial charge in [-0.1, -0.05) is 121 Å². The molecular formula is C47H27N3OS. The molecule has 0 aliphatic carbocycles. The van der Waals surface area contributed by atoms with E-state index in [0.717, 1.165) is 65.1 Å². The topological polar surface area (TPSA) is 35.9 Å². The number of thiazole rings is 1. The summed E-state index contributed by atoms with van der Waals surface area (Å²) in [7, 11) is 0. The minimum Gasteiger partial charge on any atom is -0.456 e. The van der Waals surface area contributed by atoms with Crippen LogP contribution in [0.2, 0.25) is 0 Å². The number of rotatable bonds is 3. The second kappa shape index (κ2) is 10.4. The molecule has 0 aliphatic heterocycles. The van der Waals surface area contributed by atoms with Crippen molar-refractivity contribution >= 4 is 97.9 Å². The Hall–Kier alpha value is -6.69. The van der Waals surface area contributed by atoms with Gasteiger partial charge in [-0.25, -0.2) is 4.98 Å². The molecule has 5 heteroatoms. The molecule has 0 N–H and O–H groups in total. The van der Waals surface area contributed by atoms with Crippen molar-refractivity contribution in [3.8, 4) is 21.9 Å². The molecule has 0 saturated carbocycles. The third-order valence-electron chi connectivity index (χ3n) is 10.7. The first-order valence-corrected chi connectivity index (χ1v) is 18.4. The molecule has 0 fully saturated rings. The van der Waals surface area contributed by atoms with Crippen molar-refractivity contribution in [2.45, 2.75) is 0 Å². The Labute approximate surface area is 301 Å². The summed E-state index contributed by atoms with van der Waals surface area (Å²) < 4.78 is 12.4. The number of fused-ring (bicyclic) bond motifs is 12. The molecule has 12 aromatic rings. The van der Waals surface area contributed by atoms with Gasteiger partial charge in [-0.05, 0) is 70.9 Å². The van der Waals surface area contributed by atoms with E-state index in [2.05, 4.69) is 161 Å². The zero-order chi connectivity index (χ0) is 33.9. The maximum Gasteiger partial charge on any atom is 0.195 e. The van der Waals surface area contributed by atoms with Crippen molar-refractivity contribution in [1.82, 2.24) is 14.1 Å². The van der Waals surface area contributed by atoms with Gasteiger partial charge in [0, 0.05) is 38.2 Å². The van der Waals surface area contributed by atoms with Gasteiger partial charge in [0.25, 0.3) is 0 Å². The quantitative estimate of drug-likeness (QED) is 0.186. The first kappa shape index (κ1) is 28.1. The number of furan rings is 1. The maximum absolute atomic E-state index is 6.52. The Morgan fingerprint density at radius 2 is 1.08 bits per heavy atom. The number of nitrogens with zero attached hydrogens (tertiary/aromatic N) is 3. The van der Waals surface area contributed by atoms with Crippen molar-refractivity contribution in [2.75, 3.05) is 0 Å². The maximum atomic E-state index is 6.52. The van der Waals surface area contributed by atoms with Crippen LogP contribution in [-0.4, -0.2) is 14.1 Å². The molecule has 0 unspecified atom stereocenters. The minimum absolute atomic E-state index is 0.853. The van der Waals surface area contributed by atoms with Gasteiger partial charge in [0.05, 0.1) is 37.7 Å². The molecule has 4 heterocycles. The fourth-order valence-electron chi connectivity index (χ4n) is 8.44. The fraction of sp³-hybridized carbons (Fsp3) is 0. The minimum atomic E-state index is 0.853. The number of aromatic nitrogens is 3. The van der Waals surface area contributed by atoms with Crippen molar-refractivity contribution in [2.24, 2.45) is 0 Å². The van der Waals surface area contributed by atoms with Crippen LogP contribution < -0.4 is 0 Å². The van der Waals surface area contributed by atoms with Crippen LogP contribution in [0.25, 0.3) is 108 Å². The van der Waals surface area contributed by atoms with E-state index in [4.69, 9.17) is 9.40 Å². The Kier molecular flexibility index (Phi) is 5.62. The van der Waals surface area contributed by atoms with Crippen LogP contribution >= 0.6 is 11.3 Å². The molecule has 0 amide bonds. The Balaban J connectivity index is 1.15. The zero-order valence-corrected chi connectivity index (χ0v) is 28.6. The smallest absolute Gasteiger partial charge is 0.195 e. The summed E-state index contributed by atoms with van der Waals surface area (Å²) in [6, 6.07) is 58.7. The molecule has 0 atom stereocenters. The van der Waals surface area contributed by atoms with Crippen molar-refractivity contribution in [1.29, 1.82) is 0 Å². The summed E-state index contributed by atoms with van der Waals surface area (Å²) in [5, 5.41) is 10.4. The Bertz CT molecular complexity index is 3380. The van der Waals surface area contributed by atoms with Crippen molar-refractivity contribution in [3.05, 3.63) is 164 Å². The molecule has 52 heavy (non-hydrogen) atoms. The van der Waals surface area contributed by atoms with Gasteiger partial charge in [0.2, 0.25) is 0 Å². The van der Waals surface area contributed by atoms with E-state index in [1.165, 1.54) is 43.4 Å². The van der Waals surface area contributed by atoms with Crippen LogP contribution in [0.1, 0.15) is 0 Å². The van der Waals surface area contributed by atoms with Gasteiger partial charge < -0.3 is 8.98 Å².